The molecule has 2 amide bonds. The summed E-state index contributed by atoms with van der Waals surface area (Å²) < 4.78 is 1.49. The number of nitrogens with zero attached hydrogens (tertiary/aromatic N) is 3. The standard InChI is InChI=1S/C18H18N6O3/c19-17(26)16(25)13(7-6-12-4-3-9-21-12)23-18(27)14-10-20-11-24(14)15-5-1-2-8-22-15/h1-5,8-11,13,21H,6-7H2,(H2,19,26)(H,23,27). The fourth-order valence-electron chi connectivity index (χ4n) is 2.64. The van der Waals surface area contributed by atoms with E-state index in [2.05, 4.69) is 20.3 Å². The SMILES string of the molecule is NC(=O)C(=O)C(CCc1ccc[nH]1)NC(=O)c1cncn1-c1ccccn1. The number of aromatic amines is 1. The Hall–Kier alpha value is -3.75. The number of nitrogens with one attached hydrogen (secondary N) is 2. The number of imidazole rings is 1. The number of ketones is 1. The van der Waals surface area contributed by atoms with Crippen molar-refractivity contribution in [3.8, 4) is 5.82 Å². The summed E-state index contributed by atoms with van der Waals surface area (Å²) in [4.78, 5) is 47.3. The second kappa shape index (κ2) is 8.09. The van der Waals surface area contributed by atoms with Crippen LogP contribution in [0.3, 0.4) is 0 Å². The molecular formula is C18H18N6O3. The predicted octanol–water partition coefficient (Wildman–Crippen LogP) is 0.381. The van der Waals surface area contributed by atoms with Gasteiger partial charge in [-0.05, 0) is 37.1 Å². The van der Waals surface area contributed by atoms with Crippen molar-refractivity contribution in [3.63, 3.8) is 0 Å². The molecule has 9 heteroatoms. The Bertz CT molecular complexity index is 933. The predicted molar refractivity (Wildman–Crippen MR) is 95.9 cm³/mol. The quantitative estimate of drug-likeness (QED) is 0.495. The topological polar surface area (TPSA) is 136 Å². The second-order valence-corrected chi connectivity index (χ2v) is 5.83. The van der Waals surface area contributed by atoms with Crippen LogP contribution >= 0.6 is 0 Å². The van der Waals surface area contributed by atoms with Gasteiger partial charge in [0.05, 0.1) is 12.2 Å². The number of carbonyl (C=O) groups is 3. The fraction of sp³-hybridized carbons (Fsp3) is 0.167. The number of hydrogen-bond donors (Lipinski definition) is 3. The lowest BCUT2D eigenvalue weighted by Crippen LogP contribution is -2.46. The van der Waals surface area contributed by atoms with Crippen molar-refractivity contribution in [2.75, 3.05) is 0 Å². The first-order chi connectivity index (χ1) is 13.1. The van der Waals surface area contributed by atoms with Crippen molar-refractivity contribution in [2.24, 2.45) is 5.73 Å². The van der Waals surface area contributed by atoms with Gasteiger partial charge in [-0.1, -0.05) is 6.07 Å². The Labute approximate surface area is 154 Å². The molecule has 0 aromatic carbocycles. The minimum atomic E-state index is -1.09. The molecule has 0 aliphatic heterocycles. The number of primary amides is 1. The van der Waals surface area contributed by atoms with Crippen LogP contribution in [0.15, 0.2) is 55.2 Å². The molecule has 1 atom stereocenters. The molecule has 0 fully saturated rings. The molecule has 0 bridgehead atoms. The van der Waals surface area contributed by atoms with Crippen molar-refractivity contribution >= 4 is 17.6 Å². The van der Waals surface area contributed by atoms with Crippen LogP contribution in [0.25, 0.3) is 5.82 Å². The van der Waals surface area contributed by atoms with E-state index in [-0.39, 0.29) is 12.1 Å². The van der Waals surface area contributed by atoms with Gasteiger partial charge in [0.25, 0.3) is 11.8 Å². The zero-order chi connectivity index (χ0) is 19.2. The summed E-state index contributed by atoms with van der Waals surface area (Å²) in [5, 5.41) is 2.58. The van der Waals surface area contributed by atoms with E-state index >= 15 is 0 Å². The smallest absolute Gasteiger partial charge is 0.287 e. The molecule has 0 aliphatic carbocycles. The lowest BCUT2D eigenvalue weighted by atomic mass is 10.0. The summed E-state index contributed by atoms with van der Waals surface area (Å²) in [5.74, 6) is -1.99. The maximum atomic E-state index is 12.7. The molecule has 0 spiro atoms. The van der Waals surface area contributed by atoms with Gasteiger partial charge >= 0.3 is 0 Å². The summed E-state index contributed by atoms with van der Waals surface area (Å²) in [6.07, 6.45) is 6.85. The van der Waals surface area contributed by atoms with Gasteiger partial charge in [0, 0.05) is 18.1 Å². The highest BCUT2D eigenvalue weighted by atomic mass is 16.2. The molecule has 3 aromatic rings. The molecule has 3 aromatic heterocycles. The fourth-order valence-corrected chi connectivity index (χ4v) is 2.64. The molecule has 0 aliphatic rings. The number of aryl methyl sites for hydroxylation is 1. The van der Waals surface area contributed by atoms with Crippen LogP contribution in [0.5, 0.6) is 0 Å². The largest absolute Gasteiger partial charge is 0.365 e. The highest BCUT2D eigenvalue weighted by molar-refractivity contribution is 6.37. The van der Waals surface area contributed by atoms with Gasteiger partial charge in [0.15, 0.2) is 0 Å². The third-order valence-corrected chi connectivity index (χ3v) is 4.00. The summed E-state index contributed by atoms with van der Waals surface area (Å²) in [5.41, 5.74) is 6.20. The van der Waals surface area contributed by atoms with Crippen molar-refractivity contribution in [2.45, 2.75) is 18.9 Å². The molecule has 27 heavy (non-hydrogen) atoms. The maximum Gasteiger partial charge on any atom is 0.287 e. The Kier molecular flexibility index (Phi) is 5.41. The molecule has 3 rings (SSSR count). The summed E-state index contributed by atoms with van der Waals surface area (Å²) in [6.45, 7) is 0. The van der Waals surface area contributed by atoms with Crippen molar-refractivity contribution in [1.29, 1.82) is 0 Å². The van der Waals surface area contributed by atoms with Gasteiger partial charge in [-0.3, -0.25) is 19.0 Å². The first kappa shape index (κ1) is 18.1. The van der Waals surface area contributed by atoms with E-state index in [9.17, 15) is 14.4 Å². The number of rotatable bonds is 8. The van der Waals surface area contributed by atoms with E-state index in [1.54, 1.807) is 30.6 Å². The van der Waals surface area contributed by atoms with Gasteiger partial charge in [-0.25, -0.2) is 9.97 Å². The number of pyridine rings is 1. The molecule has 3 heterocycles. The van der Waals surface area contributed by atoms with Crippen LogP contribution in [0, 0.1) is 0 Å². The number of Topliss-reactive ketones (excluding diaryl/α,β-unsaturated/α-hetero) is 1. The number of amides is 2. The van der Waals surface area contributed by atoms with Crippen LogP contribution in [-0.4, -0.2) is 43.2 Å². The average Bonchev–Trinajstić information content (AvgIpc) is 3.36. The van der Waals surface area contributed by atoms with Crippen LogP contribution in [0.2, 0.25) is 0 Å². The number of aromatic nitrogens is 4. The molecule has 0 saturated heterocycles. The first-order valence-corrected chi connectivity index (χ1v) is 8.27. The lowest BCUT2D eigenvalue weighted by molar-refractivity contribution is -0.137. The molecular weight excluding hydrogens is 348 g/mol. The highest BCUT2D eigenvalue weighted by Gasteiger charge is 2.26. The Morgan fingerprint density at radius 2 is 2.07 bits per heavy atom. The molecule has 1 unspecified atom stereocenters. The third kappa shape index (κ3) is 4.27. The third-order valence-electron chi connectivity index (χ3n) is 4.00. The zero-order valence-corrected chi connectivity index (χ0v) is 14.3. The van der Waals surface area contributed by atoms with Crippen molar-refractivity contribution in [1.82, 2.24) is 24.8 Å². The highest BCUT2D eigenvalue weighted by Crippen LogP contribution is 2.10. The Morgan fingerprint density at radius 3 is 2.74 bits per heavy atom. The van der Waals surface area contributed by atoms with E-state index in [1.165, 1.54) is 17.1 Å². The molecule has 0 radical (unpaired) electrons. The van der Waals surface area contributed by atoms with Crippen LogP contribution in [-0.2, 0) is 16.0 Å². The van der Waals surface area contributed by atoms with Crippen molar-refractivity contribution in [3.05, 3.63) is 66.6 Å². The molecule has 9 nitrogen and oxygen atoms in total. The lowest BCUT2D eigenvalue weighted by Gasteiger charge is -2.16. The number of nitrogens with two attached hydrogens (primary N) is 1. The summed E-state index contributed by atoms with van der Waals surface area (Å²) in [6, 6.07) is 7.89. The zero-order valence-electron chi connectivity index (χ0n) is 14.3. The van der Waals surface area contributed by atoms with Crippen LogP contribution in [0.1, 0.15) is 22.6 Å². The number of carbonyl (C=O) groups excluding carboxylic acids is 3. The minimum absolute atomic E-state index is 0.191. The van der Waals surface area contributed by atoms with Gasteiger partial charge < -0.3 is 16.0 Å². The van der Waals surface area contributed by atoms with E-state index < -0.39 is 23.6 Å². The first-order valence-electron chi connectivity index (χ1n) is 8.27. The van der Waals surface area contributed by atoms with E-state index in [1.807, 2.05) is 12.1 Å². The van der Waals surface area contributed by atoms with Crippen molar-refractivity contribution < 1.29 is 14.4 Å². The van der Waals surface area contributed by atoms with E-state index in [0.29, 0.717) is 12.2 Å². The Balaban J connectivity index is 1.77. The minimum Gasteiger partial charge on any atom is -0.365 e. The van der Waals surface area contributed by atoms with E-state index in [0.717, 1.165) is 5.69 Å². The van der Waals surface area contributed by atoms with Gasteiger partial charge in [0.1, 0.15) is 17.8 Å². The number of hydrogen-bond acceptors (Lipinski definition) is 5. The monoisotopic (exact) mass is 366 g/mol. The molecule has 138 valence electrons. The van der Waals surface area contributed by atoms with Crippen LogP contribution in [0.4, 0.5) is 0 Å². The molecule has 4 N–H and O–H groups in total. The maximum absolute atomic E-state index is 12.7. The number of H-pyrrole nitrogens is 1. The Morgan fingerprint density at radius 1 is 1.22 bits per heavy atom. The summed E-state index contributed by atoms with van der Waals surface area (Å²) in [7, 11) is 0. The van der Waals surface area contributed by atoms with Gasteiger partial charge in [-0.15, -0.1) is 0 Å². The normalized spacial score (nSPS) is 11.7. The average molecular weight is 366 g/mol. The summed E-state index contributed by atoms with van der Waals surface area (Å²) >= 11 is 0. The van der Waals surface area contributed by atoms with E-state index in [4.69, 9.17) is 5.73 Å². The van der Waals surface area contributed by atoms with Crippen LogP contribution < -0.4 is 11.1 Å². The molecule has 0 saturated carbocycles. The van der Waals surface area contributed by atoms with Gasteiger partial charge in [0.2, 0.25) is 5.78 Å². The van der Waals surface area contributed by atoms with Gasteiger partial charge in [-0.2, -0.15) is 0 Å². The second-order valence-electron chi connectivity index (χ2n) is 5.83.